The lowest BCUT2D eigenvalue weighted by atomic mass is 10.0. The van der Waals surface area contributed by atoms with Crippen molar-refractivity contribution in [1.29, 1.82) is 0 Å². The summed E-state index contributed by atoms with van der Waals surface area (Å²) >= 11 is 1.51. The van der Waals surface area contributed by atoms with Crippen molar-refractivity contribution < 1.29 is 4.39 Å². The number of fused-ring (bicyclic) bond motifs is 1. The average molecular weight is 336 g/mol. The predicted octanol–water partition coefficient (Wildman–Crippen LogP) is 4.45. The number of pyridine rings is 1. The zero-order valence-corrected chi connectivity index (χ0v) is 13.6. The SMILES string of the molecule is Cc1ccc(-c2csc3c(-c4cncnc4N)ccnc23)c(F)c1. The maximum atomic E-state index is 14.4. The minimum Gasteiger partial charge on any atom is -0.383 e. The summed E-state index contributed by atoms with van der Waals surface area (Å²) in [5.74, 6) is 0.165. The first-order chi connectivity index (χ1) is 11.6. The maximum absolute atomic E-state index is 14.4. The Morgan fingerprint density at radius 2 is 1.92 bits per heavy atom. The van der Waals surface area contributed by atoms with Crippen LogP contribution in [0.1, 0.15) is 5.56 Å². The molecule has 4 aromatic rings. The third-order valence-electron chi connectivity index (χ3n) is 3.90. The first-order valence-corrected chi connectivity index (χ1v) is 8.21. The van der Waals surface area contributed by atoms with E-state index in [0.29, 0.717) is 11.4 Å². The molecule has 0 amide bonds. The van der Waals surface area contributed by atoms with Crippen LogP contribution >= 0.6 is 11.3 Å². The van der Waals surface area contributed by atoms with Crippen molar-refractivity contribution in [1.82, 2.24) is 15.0 Å². The zero-order chi connectivity index (χ0) is 16.7. The van der Waals surface area contributed by atoms with Crippen molar-refractivity contribution in [2.75, 3.05) is 5.73 Å². The van der Waals surface area contributed by atoms with Gasteiger partial charge in [-0.1, -0.05) is 12.1 Å². The van der Waals surface area contributed by atoms with Gasteiger partial charge in [0.05, 0.1) is 10.2 Å². The molecular weight excluding hydrogens is 323 g/mol. The monoisotopic (exact) mass is 336 g/mol. The first kappa shape index (κ1) is 14.7. The Morgan fingerprint density at radius 1 is 1.04 bits per heavy atom. The van der Waals surface area contributed by atoms with Crippen molar-refractivity contribution in [3.8, 4) is 22.3 Å². The number of anilines is 1. The average Bonchev–Trinajstić information content (AvgIpc) is 2.99. The fourth-order valence-electron chi connectivity index (χ4n) is 2.72. The minimum absolute atomic E-state index is 0.246. The molecule has 4 rings (SSSR count). The lowest BCUT2D eigenvalue weighted by Crippen LogP contribution is -1.95. The summed E-state index contributed by atoms with van der Waals surface area (Å²) in [7, 11) is 0. The molecule has 0 saturated carbocycles. The summed E-state index contributed by atoms with van der Waals surface area (Å²) in [6.07, 6.45) is 4.80. The number of nitrogens with two attached hydrogens (primary N) is 1. The highest BCUT2D eigenvalue weighted by Crippen LogP contribution is 2.39. The molecule has 0 fully saturated rings. The van der Waals surface area contributed by atoms with E-state index in [-0.39, 0.29) is 5.82 Å². The normalized spacial score (nSPS) is 11.1. The Kier molecular flexibility index (Phi) is 3.46. The number of aromatic nitrogens is 3. The molecule has 24 heavy (non-hydrogen) atoms. The van der Waals surface area contributed by atoms with Gasteiger partial charge >= 0.3 is 0 Å². The molecule has 2 N–H and O–H groups in total. The van der Waals surface area contributed by atoms with E-state index in [4.69, 9.17) is 5.73 Å². The van der Waals surface area contributed by atoms with E-state index in [1.807, 2.05) is 24.4 Å². The number of nitrogen functional groups attached to an aromatic ring is 1. The summed E-state index contributed by atoms with van der Waals surface area (Å²) < 4.78 is 15.3. The summed E-state index contributed by atoms with van der Waals surface area (Å²) in [6.45, 7) is 1.87. The lowest BCUT2D eigenvalue weighted by Gasteiger charge is -2.06. The Labute approximate surface area is 141 Å². The van der Waals surface area contributed by atoms with E-state index in [0.717, 1.165) is 32.5 Å². The molecule has 3 heterocycles. The molecule has 0 bridgehead atoms. The van der Waals surface area contributed by atoms with Gasteiger partial charge < -0.3 is 5.73 Å². The number of thiophene rings is 1. The fraction of sp³-hybridized carbons (Fsp3) is 0.0556. The van der Waals surface area contributed by atoms with Crippen LogP contribution in [-0.4, -0.2) is 15.0 Å². The van der Waals surface area contributed by atoms with Crippen LogP contribution in [0, 0.1) is 12.7 Å². The van der Waals surface area contributed by atoms with E-state index in [9.17, 15) is 4.39 Å². The molecule has 0 spiro atoms. The Morgan fingerprint density at radius 3 is 2.71 bits per heavy atom. The van der Waals surface area contributed by atoms with Gasteiger partial charge in [0.1, 0.15) is 18.0 Å². The number of aryl methyl sites for hydroxylation is 1. The second-order valence-corrected chi connectivity index (χ2v) is 6.37. The minimum atomic E-state index is -0.246. The van der Waals surface area contributed by atoms with E-state index in [2.05, 4.69) is 15.0 Å². The van der Waals surface area contributed by atoms with Crippen LogP contribution < -0.4 is 5.73 Å². The molecule has 3 aromatic heterocycles. The van der Waals surface area contributed by atoms with E-state index >= 15 is 0 Å². The first-order valence-electron chi connectivity index (χ1n) is 7.33. The molecule has 4 nitrogen and oxygen atoms in total. The molecule has 0 saturated heterocycles. The molecule has 0 radical (unpaired) electrons. The van der Waals surface area contributed by atoms with Gasteiger partial charge in [0.25, 0.3) is 0 Å². The molecule has 118 valence electrons. The van der Waals surface area contributed by atoms with E-state index in [1.165, 1.54) is 23.7 Å². The molecule has 1 aromatic carbocycles. The zero-order valence-electron chi connectivity index (χ0n) is 12.8. The molecule has 0 aliphatic carbocycles. The molecule has 0 aliphatic rings. The number of nitrogens with zero attached hydrogens (tertiary/aromatic N) is 3. The third-order valence-corrected chi connectivity index (χ3v) is 4.90. The van der Waals surface area contributed by atoms with Crippen molar-refractivity contribution in [3.63, 3.8) is 0 Å². The number of rotatable bonds is 2. The summed E-state index contributed by atoms with van der Waals surface area (Å²) in [6, 6.07) is 7.10. The summed E-state index contributed by atoms with van der Waals surface area (Å²) in [5.41, 5.74) is 10.6. The number of hydrogen-bond donors (Lipinski definition) is 1. The van der Waals surface area contributed by atoms with Crippen LogP contribution in [-0.2, 0) is 0 Å². The van der Waals surface area contributed by atoms with E-state index < -0.39 is 0 Å². The summed E-state index contributed by atoms with van der Waals surface area (Å²) in [5, 5.41) is 1.93. The second kappa shape index (κ2) is 5.65. The van der Waals surface area contributed by atoms with Crippen LogP contribution in [0.5, 0.6) is 0 Å². The molecule has 0 unspecified atom stereocenters. The highest BCUT2D eigenvalue weighted by Gasteiger charge is 2.16. The number of benzene rings is 1. The molecule has 0 aliphatic heterocycles. The largest absolute Gasteiger partial charge is 0.383 e. The highest BCUT2D eigenvalue weighted by molar-refractivity contribution is 7.18. The third kappa shape index (κ3) is 2.32. The maximum Gasteiger partial charge on any atom is 0.134 e. The second-order valence-electron chi connectivity index (χ2n) is 5.49. The van der Waals surface area contributed by atoms with Crippen LogP contribution in [0.2, 0.25) is 0 Å². The van der Waals surface area contributed by atoms with Gasteiger partial charge in [-0.2, -0.15) is 0 Å². The van der Waals surface area contributed by atoms with Crippen molar-refractivity contribution in [3.05, 3.63) is 59.7 Å². The number of halogens is 1. The van der Waals surface area contributed by atoms with Gasteiger partial charge in [-0.3, -0.25) is 4.98 Å². The van der Waals surface area contributed by atoms with Crippen LogP contribution in [0.4, 0.5) is 10.2 Å². The standard InChI is InChI=1S/C18H13FN4S/c1-10-2-3-11(15(19)6-10)14-8-24-17-12(4-5-22-16(14)17)13-7-21-9-23-18(13)20/h2-9H,1H3,(H2,20,21,23). The van der Waals surface area contributed by atoms with Crippen LogP contribution in [0.15, 0.2) is 48.4 Å². The number of hydrogen-bond acceptors (Lipinski definition) is 5. The highest BCUT2D eigenvalue weighted by atomic mass is 32.1. The van der Waals surface area contributed by atoms with Crippen molar-refractivity contribution in [2.45, 2.75) is 6.92 Å². The molecular formula is C18H13FN4S. The lowest BCUT2D eigenvalue weighted by molar-refractivity contribution is 0.630. The molecule has 6 heteroatoms. The Balaban J connectivity index is 1.96. The van der Waals surface area contributed by atoms with Gasteiger partial charge in [-0.25, -0.2) is 14.4 Å². The van der Waals surface area contributed by atoms with Gasteiger partial charge in [-0.05, 0) is 24.6 Å². The van der Waals surface area contributed by atoms with Gasteiger partial charge in [0, 0.05) is 40.0 Å². The van der Waals surface area contributed by atoms with Crippen molar-refractivity contribution >= 4 is 27.4 Å². The predicted molar refractivity (Wildman–Crippen MR) is 95.2 cm³/mol. The topological polar surface area (TPSA) is 64.7 Å². The quantitative estimate of drug-likeness (QED) is 0.587. The fourth-order valence-corrected chi connectivity index (χ4v) is 3.77. The van der Waals surface area contributed by atoms with Crippen molar-refractivity contribution in [2.24, 2.45) is 0 Å². The Hall–Kier alpha value is -2.86. The van der Waals surface area contributed by atoms with Crippen LogP contribution in [0.3, 0.4) is 0 Å². The van der Waals surface area contributed by atoms with Gasteiger partial charge in [-0.15, -0.1) is 11.3 Å². The molecule has 0 atom stereocenters. The van der Waals surface area contributed by atoms with E-state index in [1.54, 1.807) is 18.5 Å². The Bertz CT molecular complexity index is 1060. The van der Waals surface area contributed by atoms with Gasteiger partial charge in [0.15, 0.2) is 0 Å². The summed E-state index contributed by atoms with van der Waals surface area (Å²) in [4.78, 5) is 12.6. The smallest absolute Gasteiger partial charge is 0.134 e. The van der Waals surface area contributed by atoms with Gasteiger partial charge in [0.2, 0.25) is 0 Å². The van der Waals surface area contributed by atoms with Crippen LogP contribution in [0.25, 0.3) is 32.5 Å².